The second kappa shape index (κ2) is 5.80. The van der Waals surface area contributed by atoms with Gasteiger partial charge in [0.15, 0.2) is 0 Å². The Morgan fingerprint density at radius 1 is 1.44 bits per heavy atom. The van der Waals surface area contributed by atoms with Crippen LogP contribution in [-0.4, -0.2) is 29.8 Å². The molecule has 18 heavy (non-hydrogen) atoms. The first-order chi connectivity index (χ1) is 8.67. The number of hydrogen-bond acceptors (Lipinski definition) is 5. The van der Waals surface area contributed by atoms with Crippen molar-refractivity contribution < 1.29 is 9.26 Å². The van der Waals surface area contributed by atoms with Gasteiger partial charge in [-0.3, -0.25) is 0 Å². The summed E-state index contributed by atoms with van der Waals surface area (Å²) < 4.78 is 10.8. The molecule has 0 amide bonds. The number of rotatable bonds is 7. The van der Waals surface area contributed by atoms with E-state index < -0.39 is 0 Å². The molecule has 1 aromatic rings. The van der Waals surface area contributed by atoms with Crippen molar-refractivity contribution in [2.45, 2.75) is 51.7 Å². The van der Waals surface area contributed by atoms with Crippen LogP contribution in [-0.2, 0) is 4.74 Å². The first kappa shape index (κ1) is 13.5. The molecule has 0 saturated heterocycles. The average Bonchev–Trinajstić information content (AvgIpc) is 3.07. The lowest BCUT2D eigenvalue weighted by Crippen LogP contribution is -2.30. The number of methoxy groups -OCH3 is 1. The van der Waals surface area contributed by atoms with E-state index in [1.54, 1.807) is 7.11 Å². The highest BCUT2D eigenvalue weighted by Crippen LogP contribution is 2.42. The van der Waals surface area contributed by atoms with Crippen LogP contribution in [0.15, 0.2) is 4.52 Å². The minimum atomic E-state index is 0.00383. The van der Waals surface area contributed by atoms with Crippen molar-refractivity contribution in [3.8, 4) is 0 Å². The molecular formula is C13H23N3O2. The molecular weight excluding hydrogens is 230 g/mol. The van der Waals surface area contributed by atoms with E-state index in [0.717, 1.165) is 6.54 Å². The van der Waals surface area contributed by atoms with Crippen molar-refractivity contribution >= 4 is 0 Å². The summed E-state index contributed by atoms with van der Waals surface area (Å²) in [5.74, 6) is 2.18. The van der Waals surface area contributed by atoms with Crippen LogP contribution in [0.1, 0.15) is 57.3 Å². The van der Waals surface area contributed by atoms with Gasteiger partial charge in [-0.25, -0.2) is 0 Å². The number of nitrogens with one attached hydrogen (secondary N) is 1. The number of likely N-dealkylation sites (N-methyl/N-ethyl adjacent to an activating group) is 1. The topological polar surface area (TPSA) is 60.2 Å². The highest BCUT2D eigenvalue weighted by molar-refractivity contribution is 5.02. The molecule has 1 heterocycles. The minimum absolute atomic E-state index is 0.00383. The molecule has 2 rings (SSSR count). The smallest absolute Gasteiger partial charge is 0.231 e. The second-order valence-corrected chi connectivity index (χ2v) is 5.12. The number of aromatic nitrogens is 2. The number of hydrogen-bond donors (Lipinski definition) is 1. The molecule has 1 aliphatic rings. The molecule has 1 N–H and O–H groups in total. The van der Waals surface area contributed by atoms with Crippen LogP contribution in [0, 0.1) is 5.92 Å². The van der Waals surface area contributed by atoms with Crippen LogP contribution in [0.4, 0.5) is 0 Å². The van der Waals surface area contributed by atoms with Gasteiger partial charge in [0.1, 0.15) is 6.10 Å². The van der Waals surface area contributed by atoms with Crippen molar-refractivity contribution in [2.75, 3.05) is 13.7 Å². The van der Waals surface area contributed by atoms with E-state index in [-0.39, 0.29) is 12.0 Å². The molecule has 0 spiro atoms. The van der Waals surface area contributed by atoms with Crippen molar-refractivity contribution in [2.24, 2.45) is 5.92 Å². The first-order valence-corrected chi connectivity index (χ1v) is 6.77. The molecule has 0 bridgehead atoms. The lowest BCUT2D eigenvalue weighted by molar-refractivity contribution is 0.0751. The Kier molecular flexibility index (Phi) is 4.35. The lowest BCUT2D eigenvalue weighted by Gasteiger charge is -2.16. The van der Waals surface area contributed by atoms with Gasteiger partial charge >= 0.3 is 0 Å². The number of nitrogens with zero attached hydrogens (tertiary/aromatic N) is 2. The largest absolute Gasteiger partial charge is 0.373 e. The van der Waals surface area contributed by atoms with Gasteiger partial charge in [0.2, 0.25) is 11.7 Å². The number of ether oxygens (including phenoxy) is 1. The van der Waals surface area contributed by atoms with Crippen LogP contribution in [0.3, 0.4) is 0 Å². The van der Waals surface area contributed by atoms with Gasteiger partial charge < -0.3 is 14.6 Å². The summed E-state index contributed by atoms with van der Waals surface area (Å²) in [6.45, 7) is 7.27. The molecule has 0 aliphatic heterocycles. The molecule has 1 aliphatic carbocycles. The summed E-state index contributed by atoms with van der Waals surface area (Å²) >= 11 is 0. The van der Waals surface area contributed by atoms with Crippen LogP contribution >= 0.6 is 0 Å². The van der Waals surface area contributed by atoms with E-state index >= 15 is 0 Å². The summed E-state index contributed by atoms with van der Waals surface area (Å²) in [5.41, 5.74) is 0. The fraction of sp³-hybridized carbons (Fsp3) is 0.846. The molecule has 3 unspecified atom stereocenters. The molecule has 3 atom stereocenters. The maximum absolute atomic E-state index is 5.46. The average molecular weight is 253 g/mol. The van der Waals surface area contributed by atoms with Gasteiger partial charge in [-0.2, -0.15) is 4.98 Å². The predicted molar refractivity (Wildman–Crippen MR) is 68.3 cm³/mol. The molecule has 1 saturated carbocycles. The summed E-state index contributed by atoms with van der Waals surface area (Å²) in [6.07, 6.45) is 2.40. The van der Waals surface area contributed by atoms with E-state index in [2.05, 4.69) is 36.2 Å². The third kappa shape index (κ3) is 2.90. The molecule has 0 radical (unpaired) electrons. The van der Waals surface area contributed by atoms with Crippen molar-refractivity contribution in [1.82, 2.24) is 15.5 Å². The van der Waals surface area contributed by atoms with E-state index in [9.17, 15) is 0 Å². The van der Waals surface area contributed by atoms with Crippen LogP contribution in [0.25, 0.3) is 0 Å². The Balaban J connectivity index is 2.04. The zero-order chi connectivity index (χ0) is 13.1. The monoisotopic (exact) mass is 253 g/mol. The standard InChI is InChI=1S/C13H23N3O2/c1-5-14-9(3)8(2)13-15-12(16-18-13)11(17-4)10-6-7-10/h8-11,14H,5-7H2,1-4H3. The predicted octanol–water partition coefficient (Wildman–Crippen LogP) is 2.27. The molecule has 5 nitrogen and oxygen atoms in total. The maximum Gasteiger partial charge on any atom is 0.231 e. The van der Waals surface area contributed by atoms with Gasteiger partial charge in [-0.15, -0.1) is 0 Å². The van der Waals surface area contributed by atoms with Gasteiger partial charge in [-0.1, -0.05) is 19.0 Å². The summed E-state index contributed by atoms with van der Waals surface area (Å²) in [5, 5.41) is 7.45. The maximum atomic E-state index is 5.46. The van der Waals surface area contributed by atoms with E-state index in [1.807, 2.05) is 0 Å². The summed E-state index contributed by atoms with van der Waals surface area (Å²) in [6, 6.07) is 0.324. The third-order valence-electron chi connectivity index (χ3n) is 3.68. The Morgan fingerprint density at radius 3 is 2.72 bits per heavy atom. The Labute approximate surface area is 108 Å². The summed E-state index contributed by atoms with van der Waals surface area (Å²) in [4.78, 5) is 4.50. The van der Waals surface area contributed by atoms with Gasteiger partial charge in [0.05, 0.1) is 5.92 Å². The summed E-state index contributed by atoms with van der Waals surface area (Å²) in [7, 11) is 1.71. The quantitative estimate of drug-likeness (QED) is 0.807. The highest BCUT2D eigenvalue weighted by Gasteiger charge is 2.36. The van der Waals surface area contributed by atoms with Gasteiger partial charge in [-0.05, 0) is 32.2 Å². The van der Waals surface area contributed by atoms with Crippen molar-refractivity contribution in [3.63, 3.8) is 0 Å². The first-order valence-electron chi connectivity index (χ1n) is 6.77. The van der Waals surface area contributed by atoms with E-state index in [4.69, 9.17) is 9.26 Å². The molecule has 5 heteroatoms. The SMILES string of the molecule is CCNC(C)C(C)c1nc(C(OC)C2CC2)no1. The molecule has 1 fully saturated rings. The fourth-order valence-electron chi connectivity index (χ4n) is 2.17. The van der Waals surface area contributed by atoms with Crippen LogP contribution < -0.4 is 5.32 Å². The zero-order valence-corrected chi connectivity index (χ0v) is 11.6. The molecule has 102 valence electrons. The lowest BCUT2D eigenvalue weighted by atomic mass is 10.0. The van der Waals surface area contributed by atoms with Crippen LogP contribution in [0.2, 0.25) is 0 Å². The fourth-order valence-corrected chi connectivity index (χ4v) is 2.17. The Morgan fingerprint density at radius 2 is 2.17 bits per heavy atom. The zero-order valence-electron chi connectivity index (χ0n) is 11.6. The normalized spacial score (nSPS) is 20.7. The Hall–Kier alpha value is -0.940. The second-order valence-electron chi connectivity index (χ2n) is 5.12. The minimum Gasteiger partial charge on any atom is -0.373 e. The highest BCUT2D eigenvalue weighted by atomic mass is 16.5. The van der Waals surface area contributed by atoms with Gasteiger partial charge in [0, 0.05) is 13.2 Å². The molecule has 0 aromatic carbocycles. The molecule has 1 aromatic heterocycles. The van der Waals surface area contributed by atoms with E-state index in [0.29, 0.717) is 23.7 Å². The third-order valence-corrected chi connectivity index (χ3v) is 3.68. The Bertz CT molecular complexity index is 376. The van der Waals surface area contributed by atoms with Crippen molar-refractivity contribution in [3.05, 3.63) is 11.7 Å². The van der Waals surface area contributed by atoms with Crippen LogP contribution in [0.5, 0.6) is 0 Å². The van der Waals surface area contributed by atoms with E-state index in [1.165, 1.54) is 12.8 Å². The van der Waals surface area contributed by atoms with Crippen molar-refractivity contribution in [1.29, 1.82) is 0 Å². The van der Waals surface area contributed by atoms with Gasteiger partial charge in [0.25, 0.3) is 0 Å².